The van der Waals surface area contributed by atoms with Crippen LogP contribution in [0.2, 0.25) is 0 Å². The molecule has 0 rings (SSSR count). The predicted octanol–water partition coefficient (Wildman–Crippen LogP) is 2.53. The summed E-state index contributed by atoms with van der Waals surface area (Å²) in [4.78, 5) is 10.4. The van der Waals surface area contributed by atoms with E-state index >= 15 is 0 Å². The second kappa shape index (κ2) is 4.38. The summed E-state index contributed by atoms with van der Waals surface area (Å²) in [5.74, 6) is -5.99. The number of hydrogen-bond donors (Lipinski definition) is 1. The van der Waals surface area contributed by atoms with Crippen molar-refractivity contribution in [3.05, 3.63) is 0 Å². The van der Waals surface area contributed by atoms with Crippen molar-refractivity contribution in [2.75, 3.05) is 0 Å². The third-order valence-corrected chi connectivity index (χ3v) is 1.86. The van der Waals surface area contributed by atoms with Gasteiger partial charge in [-0.1, -0.05) is 20.3 Å². The Hall–Kier alpha value is -0.670. The summed E-state index contributed by atoms with van der Waals surface area (Å²) in [6.45, 7) is 2.99. The fraction of sp³-hybridized carbons (Fsp3) is 0.875. The lowest BCUT2D eigenvalue weighted by Crippen LogP contribution is -2.33. The van der Waals surface area contributed by atoms with Gasteiger partial charge < -0.3 is 5.11 Å². The van der Waals surface area contributed by atoms with Crippen molar-refractivity contribution in [3.63, 3.8) is 0 Å². The van der Waals surface area contributed by atoms with Gasteiger partial charge in [0.25, 0.3) is 5.92 Å². The molecule has 0 radical (unpaired) electrons. The molecule has 4 heteroatoms. The van der Waals surface area contributed by atoms with Gasteiger partial charge in [0.15, 0.2) is 0 Å². The Bertz CT molecular complexity index is 157. The summed E-state index contributed by atoms with van der Waals surface area (Å²) in [5, 5.41) is 8.49. The SMILES string of the molecule is CCCC(C(=O)O)C(F)(F)CC. The molecule has 0 amide bonds. The van der Waals surface area contributed by atoms with E-state index in [1.807, 2.05) is 0 Å². The molecule has 1 atom stereocenters. The third-order valence-electron chi connectivity index (χ3n) is 1.86. The summed E-state index contributed by atoms with van der Waals surface area (Å²) in [6, 6.07) is 0. The molecule has 1 unspecified atom stereocenters. The summed E-state index contributed by atoms with van der Waals surface area (Å²) in [7, 11) is 0. The van der Waals surface area contributed by atoms with Gasteiger partial charge in [0.2, 0.25) is 0 Å². The highest BCUT2D eigenvalue weighted by Crippen LogP contribution is 2.31. The molecule has 0 saturated heterocycles. The molecule has 1 N–H and O–H groups in total. The number of carboxylic acids is 1. The van der Waals surface area contributed by atoms with Gasteiger partial charge in [-0.15, -0.1) is 0 Å². The van der Waals surface area contributed by atoms with Crippen molar-refractivity contribution in [2.24, 2.45) is 5.92 Å². The maximum atomic E-state index is 12.9. The Labute approximate surface area is 70.6 Å². The van der Waals surface area contributed by atoms with Crippen LogP contribution in [0.4, 0.5) is 8.78 Å². The van der Waals surface area contributed by atoms with Crippen LogP contribution in [0, 0.1) is 5.92 Å². The van der Waals surface area contributed by atoms with Gasteiger partial charge in [0, 0.05) is 6.42 Å². The summed E-state index contributed by atoms with van der Waals surface area (Å²) in [5.41, 5.74) is 0. The van der Waals surface area contributed by atoms with E-state index in [2.05, 4.69) is 0 Å². The summed E-state index contributed by atoms with van der Waals surface area (Å²) < 4.78 is 25.7. The van der Waals surface area contributed by atoms with Gasteiger partial charge >= 0.3 is 5.97 Å². The van der Waals surface area contributed by atoms with Crippen molar-refractivity contribution in [1.29, 1.82) is 0 Å². The number of aliphatic carboxylic acids is 1. The van der Waals surface area contributed by atoms with Crippen LogP contribution in [0.3, 0.4) is 0 Å². The molecular weight excluding hydrogens is 166 g/mol. The first-order valence-electron chi connectivity index (χ1n) is 4.06. The van der Waals surface area contributed by atoms with E-state index < -0.39 is 24.2 Å². The molecule has 0 saturated carbocycles. The van der Waals surface area contributed by atoms with Crippen LogP contribution in [-0.4, -0.2) is 17.0 Å². The van der Waals surface area contributed by atoms with Crippen molar-refractivity contribution in [1.82, 2.24) is 0 Å². The van der Waals surface area contributed by atoms with E-state index in [1.165, 1.54) is 6.92 Å². The van der Waals surface area contributed by atoms with Crippen LogP contribution in [0.1, 0.15) is 33.1 Å². The molecule has 0 spiro atoms. The van der Waals surface area contributed by atoms with Gasteiger partial charge in [-0.25, -0.2) is 8.78 Å². The van der Waals surface area contributed by atoms with E-state index in [-0.39, 0.29) is 6.42 Å². The molecule has 0 aromatic carbocycles. The molecule has 0 aromatic rings. The summed E-state index contributed by atoms with van der Waals surface area (Å²) in [6.07, 6.45) is 0.0900. The molecule has 2 nitrogen and oxygen atoms in total. The van der Waals surface area contributed by atoms with Gasteiger partial charge in [0.05, 0.1) is 0 Å². The first kappa shape index (κ1) is 11.3. The molecule has 72 valence electrons. The summed E-state index contributed by atoms with van der Waals surface area (Å²) >= 11 is 0. The first-order valence-corrected chi connectivity index (χ1v) is 4.06. The number of rotatable bonds is 5. The van der Waals surface area contributed by atoms with E-state index in [1.54, 1.807) is 6.92 Å². The fourth-order valence-electron chi connectivity index (χ4n) is 1.05. The van der Waals surface area contributed by atoms with Crippen LogP contribution in [-0.2, 0) is 4.79 Å². The standard InChI is InChI=1S/C8H14F2O2/c1-3-5-6(7(11)12)8(9,10)4-2/h6H,3-5H2,1-2H3,(H,11,12). The van der Waals surface area contributed by atoms with E-state index in [9.17, 15) is 13.6 Å². The zero-order valence-electron chi connectivity index (χ0n) is 7.31. The maximum absolute atomic E-state index is 12.9. The Morgan fingerprint density at radius 3 is 2.25 bits per heavy atom. The van der Waals surface area contributed by atoms with Crippen LogP contribution in [0.25, 0.3) is 0 Å². The van der Waals surface area contributed by atoms with Gasteiger partial charge in [-0.3, -0.25) is 4.79 Å². The molecule has 0 bridgehead atoms. The lowest BCUT2D eigenvalue weighted by atomic mass is 9.94. The molecule has 0 aromatic heterocycles. The zero-order valence-corrected chi connectivity index (χ0v) is 7.31. The first-order chi connectivity index (χ1) is 5.45. The lowest BCUT2D eigenvalue weighted by molar-refractivity contribution is -0.158. The molecule has 0 aliphatic rings. The van der Waals surface area contributed by atoms with Crippen LogP contribution in [0.5, 0.6) is 0 Å². The minimum atomic E-state index is -3.07. The van der Waals surface area contributed by atoms with Crippen LogP contribution in [0.15, 0.2) is 0 Å². The van der Waals surface area contributed by atoms with E-state index in [0.29, 0.717) is 6.42 Å². The van der Waals surface area contributed by atoms with E-state index in [4.69, 9.17) is 5.11 Å². The van der Waals surface area contributed by atoms with Crippen molar-refractivity contribution in [3.8, 4) is 0 Å². The average molecular weight is 180 g/mol. The normalized spacial score (nSPS) is 14.3. The maximum Gasteiger partial charge on any atom is 0.312 e. The number of halogens is 2. The molecule has 0 fully saturated rings. The van der Waals surface area contributed by atoms with Crippen molar-refractivity contribution < 1.29 is 18.7 Å². The number of alkyl halides is 2. The monoisotopic (exact) mass is 180 g/mol. The lowest BCUT2D eigenvalue weighted by Gasteiger charge is -2.21. The quantitative estimate of drug-likeness (QED) is 0.705. The third kappa shape index (κ3) is 2.75. The minimum absolute atomic E-state index is 0.0379. The predicted molar refractivity (Wildman–Crippen MR) is 41.3 cm³/mol. The highest BCUT2D eigenvalue weighted by molar-refractivity contribution is 5.71. The Morgan fingerprint density at radius 2 is 2.00 bits per heavy atom. The van der Waals surface area contributed by atoms with Gasteiger partial charge in [0.1, 0.15) is 5.92 Å². The Balaban J connectivity index is 4.38. The van der Waals surface area contributed by atoms with Crippen molar-refractivity contribution >= 4 is 5.97 Å². The average Bonchev–Trinajstić information content (AvgIpc) is 1.99. The second-order valence-electron chi connectivity index (χ2n) is 2.79. The highest BCUT2D eigenvalue weighted by atomic mass is 19.3. The highest BCUT2D eigenvalue weighted by Gasteiger charge is 2.41. The fourth-order valence-corrected chi connectivity index (χ4v) is 1.05. The number of carbonyl (C=O) groups is 1. The molecule has 0 heterocycles. The van der Waals surface area contributed by atoms with Crippen LogP contribution < -0.4 is 0 Å². The van der Waals surface area contributed by atoms with Crippen molar-refractivity contribution in [2.45, 2.75) is 39.0 Å². The molecule has 0 aliphatic carbocycles. The molecule has 12 heavy (non-hydrogen) atoms. The van der Waals surface area contributed by atoms with E-state index in [0.717, 1.165) is 0 Å². The zero-order chi connectivity index (χ0) is 9.78. The minimum Gasteiger partial charge on any atom is -0.481 e. The van der Waals surface area contributed by atoms with Gasteiger partial charge in [-0.2, -0.15) is 0 Å². The topological polar surface area (TPSA) is 37.3 Å². The Morgan fingerprint density at radius 1 is 1.50 bits per heavy atom. The number of carboxylic acid groups (broad SMARTS) is 1. The number of hydrogen-bond acceptors (Lipinski definition) is 1. The largest absolute Gasteiger partial charge is 0.481 e. The van der Waals surface area contributed by atoms with Crippen LogP contribution >= 0.6 is 0 Å². The second-order valence-corrected chi connectivity index (χ2v) is 2.79. The molecule has 0 aliphatic heterocycles. The molecular formula is C8H14F2O2. The van der Waals surface area contributed by atoms with Gasteiger partial charge in [-0.05, 0) is 6.42 Å². The smallest absolute Gasteiger partial charge is 0.312 e. The Kier molecular flexibility index (Phi) is 4.13.